The van der Waals surface area contributed by atoms with E-state index in [9.17, 15) is 9.90 Å². The van der Waals surface area contributed by atoms with Crippen molar-refractivity contribution < 1.29 is 14.3 Å². The smallest absolute Gasteiger partial charge is 0.315 e. The van der Waals surface area contributed by atoms with E-state index in [4.69, 9.17) is 4.42 Å². The molecule has 2 amide bonds. The maximum absolute atomic E-state index is 11.9. The van der Waals surface area contributed by atoms with E-state index in [1.54, 1.807) is 23.5 Å². The van der Waals surface area contributed by atoms with Gasteiger partial charge in [-0.1, -0.05) is 13.8 Å². The van der Waals surface area contributed by atoms with Crippen molar-refractivity contribution in [1.29, 1.82) is 0 Å². The number of hydrogen-bond acceptors (Lipinski definition) is 5. The van der Waals surface area contributed by atoms with E-state index in [2.05, 4.69) is 29.5 Å². The largest absolute Gasteiger partial charge is 0.467 e. The average molecular weight is 337 g/mol. The van der Waals surface area contributed by atoms with Crippen LogP contribution in [0.25, 0.3) is 0 Å². The molecule has 0 fully saturated rings. The summed E-state index contributed by atoms with van der Waals surface area (Å²) in [4.78, 5) is 16.4. The Morgan fingerprint density at radius 3 is 2.83 bits per heavy atom. The zero-order valence-electron chi connectivity index (χ0n) is 13.6. The number of thiazole rings is 1. The number of nitrogens with zero attached hydrogens (tertiary/aromatic N) is 1. The number of nitrogens with one attached hydrogen (secondary N) is 2. The van der Waals surface area contributed by atoms with Gasteiger partial charge in [0.1, 0.15) is 11.9 Å². The van der Waals surface area contributed by atoms with Gasteiger partial charge in [0, 0.05) is 23.8 Å². The molecule has 0 saturated heterocycles. The van der Waals surface area contributed by atoms with Crippen molar-refractivity contribution in [2.24, 2.45) is 0 Å². The van der Waals surface area contributed by atoms with Crippen LogP contribution in [0.15, 0.2) is 28.2 Å². The molecule has 6 nitrogen and oxygen atoms in total. The highest BCUT2D eigenvalue weighted by atomic mass is 32.1. The number of urea groups is 1. The molecule has 0 radical (unpaired) electrons. The zero-order chi connectivity index (χ0) is 16.8. The van der Waals surface area contributed by atoms with Crippen molar-refractivity contribution in [2.45, 2.75) is 51.8 Å². The molecule has 23 heavy (non-hydrogen) atoms. The summed E-state index contributed by atoms with van der Waals surface area (Å²) >= 11 is 1.60. The molecule has 0 aliphatic rings. The number of aromatic nitrogens is 1. The standard InChI is InChI=1S/C16H23N3O3S/c1-10(2)15-19-12(9-23-15)8-17-16(21)18-11(3)7-13(20)14-5-4-6-22-14/h4-6,9-11,13,20H,7-8H2,1-3H3,(H2,17,18,21). The first-order valence-electron chi connectivity index (χ1n) is 7.65. The lowest BCUT2D eigenvalue weighted by Gasteiger charge is -2.17. The fourth-order valence-corrected chi connectivity index (χ4v) is 2.94. The highest BCUT2D eigenvalue weighted by Crippen LogP contribution is 2.19. The fourth-order valence-electron chi connectivity index (χ4n) is 2.11. The van der Waals surface area contributed by atoms with Gasteiger partial charge in [-0.05, 0) is 19.1 Å². The number of aliphatic hydroxyl groups excluding tert-OH is 1. The predicted octanol–water partition coefficient (Wildman–Crippen LogP) is 3.17. The lowest BCUT2D eigenvalue weighted by molar-refractivity contribution is 0.129. The molecule has 0 spiro atoms. The highest BCUT2D eigenvalue weighted by Gasteiger charge is 2.16. The van der Waals surface area contributed by atoms with Crippen LogP contribution < -0.4 is 10.6 Å². The minimum absolute atomic E-state index is 0.184. The topological polar surface area (TPSA) is 87.4 Å². The molecule has 2 atom stereocenters. The van der Waals surface area contributed by atoms with E-state index in [1.807, 2.05) is 12.3 Å². The van der Waals surface area contributed by atoms with Gasteiger partial charge in [-0.2, -0.15) is 0 Å². The van der Waals surface area contributed by atoms with E-state index in [0.717, 1.165) is 10.7 Å². The summed E-state index contributed by atoms with van der Waals surface area (Å²) in [6.07, 6.45) is 1.17. The molecule has 2 heterocycles. The molecular weight excluding hydrogens is 314 g/mol. The Morgan fingerprint density at radius 1 is 1.43 bits per heavy atom. The average Bonchev–Trinajstić information content (AvgIpc) is 3.16. The van der Waals surface area contributed by atoms with Crippen molar-refractivity contribution in [3.63, 3.8) is 0 Å². The molecule has 0 aliphatic heterocycles. The quantitative estimate of drug-likeness (QED) is 0.724. The molecule has 0 saturated carbocycles. The Balaban J connectivity index is 1.73. The van der Waals surface area contributed by atoms with Crippen LogP contribution in [-0.2, 0) is 6.54 Å². The summed E-state index contributed by atoms with van der Waals surface area (Å²) in [7, 11) is 0. The number of furan rings is 1. The molecule has 7 heteroatoms. The normalized spacial score (nSPS) is 13.8. The minimum atomic E-state index is -0.729. The van der Waals surface area contributed by atoms with Crippen LogP contribution >= 0.6 is 11.3 Å². The molecule has 0 aromatic carbocycles. The summed E-state index contributed by atoms with van der Waals surface area (Å²) in [6, 6.07) is 2.98. The molecule has 2 unspecified atom stereocenters. The SMILES string of the molecule is CC(CC(O)c1ccco1)NC(=O)NCc1csc(C(C)C)n1. The second-order valence-electron chi connectivity index (χ2n) is 5.83. The molecule has 2 aromatic heterocycles. The number of rotatable bonds is 7. The van der Waals surface area contributed by atoms with Crippen molar-refractivity contribution >= 4 is 17.4 Å². The Bertz CT molecular complexity index is 610. The summed E-state index contributed by atoms with van der Waals surface area (Å²) in [5.41, 5.74) is 0.858. The lowest BCUT2D eigenvalue weighted by Crippen LogP contribution is -2.41. The summed E-state index contributed by atoms with van der Waals surface area (Å²) in [6.45, 7) is 6.41. The zero-order valence-corrected chi connectivity index (χ0v) is 14.4. The molecule has 126 valence electrons. The first-order valence-corrected chi connectivity index (χ1v) is 8.53. The molecule has 2 aromatic rings. The Morgan fingerprint density at radius 2 is 2.22 bits per heavy atom. The van der Waals surface area contributed by atoms with Gasteiger partial charge < -0.3 is 20.2 Å². The van der Waals surface area contributed by atoms with Gasteiger partial charge in [-0.25, -0.2) is 9.78 Å². The van der Waals surface area contributed by atoms with Crippen LogP contribution in [-0.4, -0.2) is 22.2 Å². The predicted molar refractivity (Wildman–Crippen MR) is 89.3 cm³/mol. The molecule has 2 rings (SSSR count). The van der Waals surface area contributed by atoms with Gasteiger partial charge in [-0.15, -0.1) is 11.3 Å². The van der Waals surface area contributed by atoms with E-state index >= 15 is 0 Å². The van der Waals surface area contributed by atoms with Crippen LogP contribution in [0.5, 0.6) is 0 Å². The Labute approximate surface area is 139 Å². The van der Waals surface area contributed by atoms with Gasteiger partial charge in [0.25, 0.3) is 0 Å². The van der Waals surface area contributed by atoms with Crippen LogP contribution in [0.2, 0.25) is 0 Å². The second kappa shape index (κ2) is 8.12. The van der Waals surface area contributed by atoms with Crippen molar-refractivity contribution in [1.82, 2.24) is 15.6 Å². The number of amides is 2. The number of aliphatic hydroxyl groups is 1. The third-order valence-electron chi connectivity index (χ3n) is 3.32. The van der Waals surface area contributed by atoms with Crippen LogP contribution in [0, 0.1) is 0 Å². The molecule has 0 bridgehead atoms. The Kier molecular flexibility index (Phi) is 6.18. The summed E-state index contributed by atoms with van der Waals surface area (Å²) in [5, 5.41) is 18.6. The minimum Gasteiger partial charge on any atom is -0.467 e. The van der Waals surface area contributed by atoms with E-state index in [1.165, 1.54) is 6.26 Å². The first-order chi connectivity index (χ1) is 11.0. The van der Waals surface area contributed by atoms with E-state index in [0.29, 0.717) is 24.6 Å². The molecular formula is C16H23N3O3S. The fraction of sp³-hybridized carbons (Fsp3) is 0.500. The monoisotopic (exact) mass is 337 g/mol. The summed E-state index contributed by atoms with van der Waals surface area (Å²) in [5.74, 6) is 0.897. The van der Waals surface area contributed by atoms with Crippen molar-refractivity contribution in [2.75, 3.05) is 0 Å². The van der Waals surface area contributed by atoms with Crippen LogP contribution in [0.4, 0.5) is 4.79 Å². The highest BCUT2D eigenvalue weighted by molar-refractivity contribution is 7.09. The van der Waals surface area contributed by atoms with Gasteiger partial charge in [-0.3, -0.25) is 0 Å². The van der Waals surface area contributed by atoms with Gasteiger partial charge in [0.15, 0.2) is 0 Å². The summed E-state index contributed by atoms with van der Waals surface area (Å²) < 4.78 is 5.14. The van der Waals surface area contributed by atoms with Crippen molar-refractivity contribution in [3.05, 3.63) is 40.2 Å². The molecule has 0 aliphatic carbocycles. The third kappa shape index (κ3) is 5.37. The van der Waals surface area contributed by atoms with E-state index in [-0.39, 0.29) is 12.1 Å². The van der Waals surface area contributed by atoms with Crippen LogP contribution in [0.3, 0.4) is 0 Å². The second-order valence-corrected chi connectivity index (χ2v) is 6.72. The van der Waals surface area contributed by atoms with Crippen LogP contribution in [0.1, 0.15) is 55.7 Å². The number of carbonyl (C=O) groups excluding carboxylic acids is 1. The number of hydrogen-bond donors (Lipinski definition) is 3. The van der Waals surface area contributed by atoms with E-state index < -0.39 is 6.10 Å². The Hall–Kier alpha value is -1.86. The lowest BCUT2D eigenvalue weighted by atomic mass is 10.1. The molecule has 3 N–H and O–H groups in total. The maximum atomic E-state index is 11.9. The van der Waals surface area contributed by atoms with Gasteiger partial charge >= 0.3 is 6.03 Å². The first kappa shape index (κ1) is 17.5. The van der Waals surface area contributed by atoms with Gasteiger partial charge in [0.05, 0.1) is 23.5 Å². The maximum Gasteiger partial charge on any atom is 0.315 e. The van der Waals surface area contributed by atoms with Gasteiger partial charge in [0.2, 0.25) is 0 Å². The third-order valence-corrected chi connectivity index (χ3v) is 4.51. The van der Waals surface area contributed by atoms with Crippen molar-refractivity contribution in [3.8, 4) is 0 Å². The number of carbonyl (C=O) groups is 1.